The highest BCUT2D eigenvalue weighted by atomic mass is 16.2. The molecule has 1 heterocycles. The van der Waals surface area contributed by atoms with Crippen molar-refractivity contribution in [1.82, 2.24) is 5.32 Å². The Morgan fingerprint density at radius 1 is 1.28 bits per heavy atom. The van der Waals surface area contributed by atoms with Crippen LogP contribution < -0.4 is 10.2 Å². The van der Waals surface area contributed by atoms with Gasteiger partial charge in [-0.2, -0.15) is 0 Å². The predicted octanol–water partition coefficient (Wildman–Crippen LogP) is 2.57. The van der Waals surface area contributed by atoms with Crippen LogP contribution in [0.3, 0.4) is 0 Å². The van der Waals surface area contributed by atoms with Crippen LogP contribution in [0.25, 0.3) is 0 Å². The van der Waals surface area contributed by atoms with Gasteiger partial charge >= 0.3 is 0 Å². The Morgan fingerprint density at radius 3 is 2.56 bits per heavy atom. The van der Waals surface area contributed by atoms with Crippen molar-refractivity contribution < 1.29 is 4.79 Å². The summed E-state index contributed by atoms with van der Waals surface area (Å²) in [5, 5.41) is 3.35. The van der Waals surface area contributed by atoms with E-state index in [1.54, 1.807) is 0 Å². The summed E-state index contributed by atoms with van der Waals surface area (Å²) in [5.74, 6) is 0.260. The molecule has 0 spiro atoms. The van der Waals surface area contributed by atoms with Gasteiger partial charge in [-0.25, -0.2) is 0 Å². The van der Waals surface area contributed by atoms with Crippen molar-refractivity contribution in [1.29, 1.82) is 0 Å². The lowest BCUT2D eigenvalue weighted by atomic mass is 10.0. The number of amides is 1. The van der Waals surface area contributed by atoms with Crippen molar-refractivity contribution in [3.8, 4) is 0 Å². The summed E-state index contributed by atoms with van der Waals surface area (Å²) >= 11 is 0. The summed E-state index contributed by atoms with van der Waals surface area (Å²) in [6.45, 7) is 4.07. The predicted molar refractivity (Wildman–Crippen MR) is 74.7 cm³/mol. The first-order chi connectivity index (χ1) is 8.83. The highest BCUT2D eigenvalue weighted by molar-refractivity contribution is 5.93. The van der Waals surface area contributed by atoms with Crippen LogP contribution >= 0.6 is 0 Å². The Balaban J connectivity index is 2.19. The van der Waals surface area contributed by atoms with E-state index in [-0.39, 0.29) is 5.91 Å². The Hall–Kier alpha value is -1.35. The van der Waals surface area contributed by atoms with Crippen LogP contribution in [0.5, 0.6) is 0 Å². The topological polar surface area (TPSA) is 32.3 Å². The Kier molecular flexibility index (Phi) is 4.76. The van der Waals surface area contributed by atoms with Crippen LogP contribution in [0.2, 0.25) is 0 Å². The van der Waals surface area contributed by atoms with Crippen molar-refractivity contribution >= 4 is 11.6 Å². The van der Waals surface area contributed by atoms with Crippen LogP contribution in [0, 0.1) is 0 Å². The average Bonchev–Trinajstić information content (AvgIpc) is 2.42. The summed E-state index contributed by atoms with van der Waals surface area (Å²) in [6.07, 6.45) is 3.64. The smallest absolute Gasteiger partial charge is 0.227 e. The maximum absolute atomic E-state index is 12.3. The molecule has 3 nitrogen and oxygen atoms in total. The minimum Gasteiger partial charge on any atom is -0.317 e. The lowest BCUT2D eigenvalue weighted by Crippen LogP contribution is -2.46. The normalized spacial score (nSPS) is 16.5. The molecular weight excluding hydrogens is 224 g/mol. The van der Waals surface area contributed by atoms with Crippen LogP contribution in [0.15, 0.2) is 30.3 Å². The third-order valence-corrected chi connectivity index (χ3v) is 3.44. The Labute approximate surface area is 109 Å². The molecule has 1 aliphatic heterocycles. The lowest BCUT2D eigenvalue weighted by Gasteiger charge is -2.34. The molecule has 1 fully saturated rings. The fourth-order valence-electron chi connectivity index (χ4n) is 2.55. The van der Waals surface area contributed by atoms with E-state index in [1.807, 2.05) is 35.2 Å². The van der Waals surface area contributed by atoms with Gasteiger partial charge in [0.05, 0.1) is 0 Å². The van der Waals surface area contributed by atoms with Gasteiger partial charge in [0.1, 0.15) is 0 Å². The van der Waals surface area contributed by atoms with E-state index in [0.717, 1.165) is 38.0 Å². The van der Waals surface area contributed by atoms with Crippen LogP contribution in [-0.4, -0.2) is 25.0 Å². The number of hydrogen-bond donors (Lipinski definition) is 1. The number of nitrogens with zero attached hydrogens (tertiary/aromatic N) is 1. The molecule has 0 saturated carbocycles. The Bertz CT molecular complexity index is 371. The molecule has 1 aromatic carbocycles. The van der Waals surface area contributed by atoms with Gasteiger partial charge in [0.15, 0.2) is 0 Å². The second-order valence-corrected chi connectivity index (χ2v) is 4.83. The SMILES string of the molecule is CCCC(=O)N(c1ccccc1)C1CCNCC1. The van der Waals surface area contributed by atoms with Crippen LogP contribution in [-0.2, 0) is 4.79 Å². The van der Waals surface area contributed by atoms with Gasteiger partial charge < -0.3 is 10.2 Å². The Morgan fingerprint density at radius 2 is 1.94 bits per heavy atom. The van der Waals surface area contributed by atoms with Gasteiger partial charge in [0, 0.05) is 18.2 Å². The van der Waals surface area contributed by atoms with Gasteiger partial charge in [-0.15, -0.1) is 0 Å². The molecular formula is C15H22N2O. The van der Waals surface area contributed by atoms with Crippen molar-refractivity contribution in [3.05, 3.63) is 30.3 Å². The number of carbonyl (C=O) groups is 1. The molecule has 18 heavy (non-hydrogen) atoms. The molecule has 0 bridgehead atoms. The molecule has 0 radical (unpaired) electrons. The minimum absolute atomic E-state index is 0.260. The quantitative estimate of drug-likeness (QED) is 0.885. The van der Waals surface area contributed by atoms with Gasteiger partial charge in [-0.05, 0) is 44.5 Å². The van der Waals surface area contributed by atoms with E-state index < -0.39 is 0 Å². The molecule has 1 saturated heterocycles. The van der Waals surface area contributed by atoms with Crippen molar-refractivity contribution in [2.75, 3.05) is 18.0 Å². The third kappa shape index (κ3) is 3.10. The monoisotopic (exact) mass is 246 g/mol. The summed E-state index contributed by atoms with van der Waals surface area (Å²) in [7, 11) is 0. The molecule has 1 amide bonds. The molecule has 3 heteroatoms. The molecule has 1 N–H and O–H groups in total. The van der Waals surface area contributed by atoms with Crippen molar-refractivity contribution in [2.45, 2.75) is 38.6 Å². The fraction of sp³-hybridized carbons (Fsp3) is 0.533. The van der Waals surface area contributed by atoms with E-state index in [2.05, 4.69) is 12.2 Å². The van der Waals surface area contributed by atoms with Gasteiger partial charge in [-0.1, -0.05) is 25.1 Å². The zero-order chi connectivity index (χ0) is 12.8. The first-order valence-corrected chi connectivity index (χ1v) is 6.90. The summed E-state index contributed by atoms with van der Waals surface area (Å²) in [6, 6.07) is 10.4. The largest absolute Gasteiger partial charge is 0.317 e. The minimum atomic E-state index is 0.260. The fourth-order valence-corrected chi connectivity index (χ4v) is 2.55. The number of para-hydroxylation sites is 1. The summed E-state index contributed by atoms with van der Waals surface area (Å²) < 4.78 is 0. The zero-order valence-corrected chi connectivity index (χ0v) is 11.1. The van der Waals surface area contributed by atoms with E-state index in [4.69, 9.17) is 0 Å². The molecule has 0 aliphatic carbocycles. The van der Waals surface area contributed by atoms with Gasteiger partial charge in [0.25, 0.3) is 0 Å². The molecule has 0 atom stereocenters. The van der Waals surface area contributed by atoms with E-state index in [0.29, 0.717) is 12.5 Å². The first-order valence-electron chi connectivity index (χ1n) is 6.90. The first kappa shape index (κ1) is 13.1. The lowest BCUT2D eigenvalue weighted by molar-refractivity contribution is -0.119. The number of rotatable bonds is 4. The molecule has 0 aromatic heterocycles. The van der Waals surface area contributed by atoms with E-state index in [9.17, 15) is 4.79 Å². The number of anilines is 1. The zero-order valence-electron chi connectivity index (χ0n) is 11.1. The highest BCUT2D eigenvalue weighted by Gasteiger charge is 2.25. The second-order valence-electron chi connectivity index (χ2n) is 4.83. The van der Waals surface area contributed by atoms with Gasteiger partial charge in [0.2, 0.25) is 5.91 Å². The average molecular weight is 246 g/mol. The van der Waals surface area contributed by atoms with Gasteiger partial charge in [-0.3, -0.25) is 4.79 Å². The maximum atomic E-state index is 12.3. The standard InChI is InChI=1S/C15H22N2O/c1-2-6-15(18)17(13-7-4-3-5-8-13)14-9-11-16-12-10-14/h3-5,7-8,14,16H,2,6,9-12H2,1H3. The van der Waals surface area contributed by atoms with Crippen LogP contribution in [0.4, 0.5) is 5.69 Å². The molecule has 1 aromatic rings. The summed E-state index contributed by atoms with van der Waals surface area (Å²) in [5.41, 5.74) is 1.04. The number of hydrogen-bond acceptors (Lipinski definition) is 2. The van der Waals surface area contributed by atoms with Crippen LogP contribution in [0.1, 0.15) is 32.6 Å². The summed E-state index contributed by atoms with van der Waals surface area (Å²) in [4.78, 5) is 14.4. The number of benzene rings is 1. The highest BCUT2D eigenvalue weighted by Crippen LogP contribution is 2.22. The number of nitrogens with one attached hydrogen (secondary N) is 1. The molecule has 0 unspecified atom stereocenters. The molecule has 98 valence electrons. The maximum Gasteiger partial charge on any atom is 0.227 e. The number of carbonyl (C=O) groups excluding carboxylic acids is 1. The van der Waals surface area contributed by atoms with Crippen molar-refractivity contribution in [3.63, 3.8) is 0 Å². The molecule has 1 aliphatic rings. The number of piperidine rings is 1. The van der Waals surface area contributed by atoms with E-state index in [1.165, 1.54) is 0 Å². The molecule has 2 rings (SSSR count). The third-order valence-electron chi connectivity index (χ3n) is 3.44. The second kappa shape index (κ2) is 6.55. The van der Waals surface area contributed by atoms with E-state index >= 15 is 0 Å². The van der Waals surface area contributed by atoms with Crippen molar-refractivity contribution in [2.24, 2.45) is 0 Å².